The fourth-order valence-corrected chi connectivity index (χ4v) is 1.56. The normalized spacial score (nSPS) is 10.6. The highest BCUT2D eigenvalue weighted by Crippen LogP contribution is 2.16. The number of anilines is 1. The van der Waals surface area contributed by atoms with Gasteiger partial charge in [0, 0.05) is 24.8 Å². The zero-order valence-corrected chi connectivity index (χ0v) is 9.33. The minimum atomic E-state index is 0.501. The van der Waals surface area contributed by atoms with E-state index in [2.05, 4.69) is 49.9 Å². The number of nitrogens with two attached hydrogens (primary N) is 1. The van der Waals surface area contributed by atoms with Crippen LogP contribution in [0.1, 0.15) is 19.4 Å². The van der Waals surface area contributed by atoms with Crippen LogP contribution in [0.3, 0.4) is 0 Å². The molecule has 0 aliphatic rings. The Kier molecular flexibility index (Phi) is 3.96. The van der Waals surface area contributed by atoms with E-state index in [4.69, 9.17) is 5.73 Å². The topological polar surface area (TPSA) is 29.3 Å². The average molecular weight is 192 g/mol. The predicted molar refractivity (Wildman–Crippen MR) is 62.7 cm³/mol. The number of rotatable bonds is 4. The van der Waals surface area contributed by atoms with Gasteiger partial charge in [-0.15, -0.1) is 0 Å². The second kappa shape index (κ2) is 5.01. The van der Waals surface area contributed by atoms with Crippen LogP contribution >= 0.6 is 0 Å². The maximum absolute atomic E-state index is 5.59. The van der Waals surface area contributed by atoms with Crippen LogP contribution in [-0.4, -0.2) is 19.1 Å². The maximum atomic E-state index is 5.59. The summed E-state index contributed by atoms with van der Waals surface area (Å²) in [6.07, 6.45) is 0. The van der Waals surface area contributed by atoms with Crippen molar-refractivity contribution in [3.8, 4) is 0 Å². The van der Waals surface area contributed by atoms with Gasteiger partial charge in [0.2, 0.25) is 0 Å². The highest BCUT2D eigenvalue weighted by molar-refractivity contribution is 5.48. The smallest absolute Gasteiger partial charge is 0.0369 e. The Labute approximate surface area is 86.7 Å². The van der Waals surface area contributed by atoms with Gasteiger partial charge in [-0.05, 0) is 32.9 Å². The summed E-state index contributed by atoms with van der Waals surface area (Å²) in [4.78, 5) is 2.32. The van der Waals surface area contributed by atoms with Gasteiger partial charge in [-0.25, -0.2) is 0 Å². The zero-order chi connectivity index (χ0) is 10.6. The van der Waals surface area contributed by atoms with Gasteiger partial charge in [-0.3, -0.25) is 0 Å². The molecule has 0 fully saturated rings. The van der Waals surface area contributed by atoms with Crippen LogP contribution in [-0.2, 0) is 0 Å². The van der Waals surface area contributed by atoms with Crippen LogP contribution < -0.4 is 10.6 Å². The van der Waals surface area contributed by atoms with Crippen LogP contribution in [0, 0.1) is 6.92 Å². The van der Waals surface area contributed by atoms with E-state index in [0.717, 1.165) is 6.54 Å². The first-order valence-electron chi connectivity index (χ1n) is 5.18. The molecule has 1 aromatic carbocycles. The fourth-order valence-electron chi connectivity index (χ4n) is 1.56. The first-order chi connectivity index (χ1) is 6.65. The quantitative estimate of drug-likeness (QED) is 0.792. The molecule has 1 aromatic rings. The summed E-state index contributed by atoms with van der Waals surface area (Å²) >= 11 is 0. The lowest BCUT2D eigenvalue weighted by molar-refractivity contribution is 0.684. The molecule has 0 spiro atoms. The maximum Gasteiger partial charge on any atom is 0.0369 e. The molecule has 2 heteroatoms. The largest absolute Gasteiger partial charge is 0.368 e. The first-order valence-corrected chi connectivity index (χ1v) is 5.18. The third-order valence-electron chi connectivity index (χ3n) is 2.36. The van der Waals surface area contributed by atoms with E-state index >= 15 is 0 Å². The Morgan fingerprint density at radius 1 is 1.21 bits per heavy atom. The van der Waals surface area contributed by atoms with E-state index in [-0.39, 0.29) is 0 Å². The van der Waals surface area contributed by atoms with Crippen molar-refractivity contribution in [3.05, 3.63) is 29.8 Å². The van der Waals surface area contributed by atoms with Crippen molar-refractivity contribution >= 4 is 5.69 Å². The lowest BCUT2D eigenvalue weighted by Crippen LogP contribution is -2.35. The summed E-state index contributed by atoms with van der Waals surface area (Å²) in [6.45, 7) is 8.10. The van der Waals surface area contributed by atoms with Gasteiger partial charge in [-0.2, -0.15) is 0 Å². The standard InChI is InChI=1S/C12H20N2/c1-10(2)14(9-8-13)12-6-4-11(3)5-7-12/h4-7,10H,8-9,13H2,1-3H3. The molecule has 14 heavy (non-hydrogen) atoms. The van der Waals surface area contributed by atoms with E-state index in [9.17, 15) is 0 Å². The molecule has 2 N–H and O–H groups in total. The molecule has 0 aromatic heterocycles. The van der Waals surface area contributed by atoms with Crippen LogP contribution in [0.2, 0.25) is 0 Å². The van der Waals surface area contributed by atoms with Gasteiger partial charge in [0.1, 0.15) is 0 Å². The molecule has 0 bridgehead atoms. The minimum absolute atomic E-state index is 0.501. The fraction of sp³-hybridized carbons (Fsp3) is 0.500. The third kappa shape index (κ3) is 2.74. The highest BCUT2D eigenvalue weighted by atomic mass is 15.2. The number of hydrogen-bond acceptors (Lipinski definition) is 2. The monoisotopic (exact) mass is 192 g/mol. The van der Waals surface area contributed by atoms with Gasteiger partial charge in [-0.1, -0.05) is 17.7 Å². The molecule has 0 saturated carbocycles. The zero-order valence-electron chi connectivity index (χ0n) is 9.33. The van der Waals surface area contributed by atoms with E-state index in [1.807, 2.05) is 0 Å². The van der Waals surface area contributed by atoms with Crippen LogP contribution in [0.25, 0.3) is 0 Å². The molecule has 0 saturated heterocycles. The van der Waals surface area contributed by atoms with Crippen molar-refractivity contribution in [1.29, 1.82) is 0 Å². The summed E-state index contributed by atoms with van der Waals surface area (Å²) in [6, 6.07) is 9.10. The summed E-state index contributed by atoms with van der Waals surface area (Å²) < 4.78 is 0. The highest BCUT2D eigenvalue weighted by Gasteiger charge is 2.08. The van der Waals surface area contributed by atoms with E-state index < -0.39 is 0 Å². The molecule has 1 rings (SSSR count). The molecular formula is C12H20N2. The molecule has 0 heterocycles. The molecule has 2 nitrogen and oxygen atoms in total. The molecular weight excluding hydrogens is 172 g/mol. The number of hydrogen-bond donors (Lipinski definition) is 1. The van der Waals surface area contributed by atoms with Gasteiger partial charge >= 0.3 is 0 Å². The molecule has 0 atom stereocenters. The summed E-state index contributed by atoms with van der Waals surface area (Å²) in [5.74, 6) is 0. The Balaban J connectivity index is 2.82. The second-order valence-corrected chi connectivity index (χ2v) is 3.91. The van der Waals surface area contributed by atoms with Crippen molar-refractivity contribution in [2.45, 2.75) is 26.8 Å². The Hall–Kier alpha value is -1.02. The molecule has 0 aliphatic carbocycles. The van der Waals surface area contributed by atoms with Crippen molar-refractivity contribution in [2.24, 2.45) is 5.73 Å². The number of benzene rings is 1. The van der Waals surface area contributed by atoms with Crippen LogP contribution in [0.4, 0.5) is 5.69 Å². The van der Waals surface area contributed by atoms with Crippen molar-refractivity contribution in [2.75, 3.05) is 18.0 Å². The third-order valence-corrected chi connectivity index (χ3v) is 2.36. The Morgan fingerprint density at radius 2 is 1.79 bits per heavy atom. The van der Waals surface area contributed by atoms with E-state index in [1.165, 1.54) is 11.3 Å². The SMILES string of the molecule is Cc1ccc(N(CCN)C(C)C)cc1. The van der Waals surface area contributed by atoms with Crippen LogP contribution in [0.5, 0.6) is 0 Å². The summed E-state index contributed by atoms with van der Waals surface area (Å²) in [5.41, 5.74) is 8.15. The molecule has 0 unspecified atom stereocenters. The lowest BCUT2D eigenvalue weighted by atomic mass is 10.2. The molecule has 0 amide bonds. The van der Waals surface area contributed by atoms with Crippen molar-refractivity contribution in [1.82, 2.24) is 0 Å². The second-order valence-electron chi connectivity index (χ2n) is 3.91. The summed E-state index contributed by atoms with van der Waals surface area (Å²) in [7, 11) is 0. The molecule has 0 radical (unpaired) electrons. The average Bonchev–Trinajstić information content (AvgIpc) is 2.15. The summed E-state index contributed by atoms with van der Waals surface area (Å²) in [5, 5.41) is 0. The van der Waals surface area contributed by atoms with E-state index in [1.54, 1.807) is 0 Å². The number of aryl methyl sites for hydroxylation is 1. The predicted octanol–water partition coefficient (Wildman–Crippen LogP) is 2.17. The molecule has 0 aliphatic heterocycles. The van der Waals surface area contributed by atoms with Crippen LogP contribution in [0.15, 0.2) is 24.3 Å². The van der Waals surface area contributed by atoms with E-state index in [0.29, 0.717) is 12.6 Å². The van der Waals surface area contributed by atoms with Gasteiger partial charge in [0.15, 0.2) is 0 Å². The Bertz CT molecular complexity index is 264. The Morgan fingerprint density at radius 3 is 2.21 bits per heavy atom. The van der Waals surface area contributed by atoms with Gasteiger partial charge in [0.25, 0.3) is 0 Å². The van der Waals surface area contributed by atoms with Gasteiger partial charge < -0.3 is 10.6 Å². The first kappa shape index (κ1) is 11.1. The molecule has 78 valence electrons. The lowest BCUT2D eigenvalue weighted by Gasteiger charge is -2.28. The van der Waals surface area contributed by atoms with Gasteiger partial charge in [0.05, 0.1) is 0 Å². The van der Waals surface area contributed by atoms with Crippen molar-refractivity contribution in [3.63, 3.8) is 0 Å². The van der Waals surface area contributed by atoms with Crippen molar-refractivity contribution < 1.29 is 0 Å². The number of nitrogens with zero attached hydrogens (tertiary/aromatic N) is 1. The minimum Gasteiger partial charge on any atom is -0.368 e.